The van der Waals surface area contributed by atoms with Crippen molar-refractivity contribution in [3.8, 4) is 0 Å². The van der Waals surface area contributed by atoms with Gasteiger partial charge in [-0.25, -0.2) is 4.79 Å². The van der Waals surface area contributed by atoms with E-state index in [-0.39, 0.29) is 12.1 Å². The van der Waals surface area contributed by atoms with Gasteiger partial charge in [-0.15, -0.1) is 0 Å². The molecule has 0 aromatic carbocycles. The highest BCUT2D eigenvalue weighted by atomic mass is 79.9. The van der Waals surface area contributed by atoms with Crippen molar-refractivity contribution in [1.29, 1.82) is 0 Å². The molecule has 0 spiro atoms. The average molecular weight is 317 g/mol. The molecule has 1 atom stereocenters. The normalized spacial score (nSPS) is 18.9. The predicted molar refractivity (Wildman–Crippen MR) is 70.2 cm³/mol. The minimum absolute atomic E-state index is 0.113. The fourth-order valence-corrected chi connectivity index (χ4v) is 2.22. The first-order chi connectivity index (χ1) is 8.65. The summed E-state index contributed by atoms with van der Waals surface area (Å²) in [6, 6.07) is 3.54. The number of carbonyl (C=O) groups excluding carboxylic acids is 1. The zero-order valence-electron chi connectivity index (χ0n) is 10.3. The van der Waals surface area contributed by atoms with Crippen LogP contribution in [0.25, 0.3) is 0 Å². The molecule has 2 heterocycles. The third-order valence-electron chi connectivity index (χ3n) is 2.87. The van der Waals surface area contributed by atoms with Crippen LogP contribution in [0.4, 0.5) is 4.79 Å². The smallest absolute Gasteiger partial charge is 0.317 e. The van der Waals surface area contributed by atoms with E-state index in [0.717, 1.165) is 25.2 Å². The fourth-order valence-electron chi connectivity index (χ4n) is 1.88. The Balaban J connectivity index is 1.74. The Morgan fingerprint density at radius 3 is 3.06 bits per heavy atom. The summed E-state index contributed by atoms with van der Waals surface area (Å²) < 4.78 is 11.5. The second-order valence-corrected chi connectivity index (χ2v) is 5.16. The van der Waals surface area contributed by atoms with E-state index < -0.39 is 0 Å². The van der Waals surface area contributed by atoms with Gasteiger partial charge in [0.15, 0.2) is 4.67 Å². The lowest BCUT2D eigenvalue weighted by Gasteiger charge is -2.18. The number of rotatable bonds is 4. The highest BCUT2D eigenvalue weighted by Crippen LogP contribution is 2.15. The summed E-state index contributed by atoms with van der Waals surface area (Å²) in [6.07, 6.45) is 2.27. The van der Waals surface area contributed by atoms with Gasteiger partial charge >= 0.3 is 6.03 Å². The van der Waals surface area contributed by atoms with Crippen LogP contribution in [-0.2, 0) is 11.3 Å². The van der Waals surface area contributed by atoms with E-state index in [1.54, 1.807) is 11.9 Å². The van der Waals surface area contributed by atoms with Gasteiger partial charge in [-0.05, 0) is 40.9 Å². The highest BCUT2D eigenvalue weighted by Gasteiger charge is 2.17. The minimum Gasteiger partial charge on any atom is -0.452 e. The predicted octanol–water partition coefficient (Wildman–Crippen LogP) is 2.36. The van der Waals surface area contributed by atoms with Gasteiger partial charge in [0.2, 0.25) is 0 Å². The van der Waals surface area contributed by atoms with Crippen LogP contribution in [0.2, 0.25) is 0 Å². The molecule has 0 aliphatic carbocycles. The summed E-state index contributed by atoms with van der Waals surface area (Å²) in [6.45, 7) is 1.82. The molecule has 2 amide bonds. The van der Waals surface area contributed by atoms with Crippen molar-refractivity contribution in [3.05, 3.63) is 22.6 Å². The number of hydrogen-bond acceptors (Lipinski definition) is 3. The Hall–Kier alpha value is -1.01. The van der Waals surface area contributed by atoms with E-state index in [9.17, 15) is 4.79 Å². The van der Waals surface area contributed by atoms with E-state index >= 15 is 0 Å². The van der Waals surface area contributed by atoms with Gasteiger partial charge in [-0.2, -0.15) is 0 Å². The van der Waals surface area contributed by atoms with E-state index in [0.29, 0.717) is 17.8 Å². The molecule has 18 heavy (non-hydrogen) atoms. The molecule has 1 aliphatic rings. The third kappa shape index (κ3) is 3.74. The Morgan fingerprint density at radius 1 is 1.61 bits per heavy atom. The minimum atomic E-state index is -0.113. The molecule has 1 unspecified atom stereocenters. The van der Waals surface area contributed by atoms with Crippen molar-refractivity contribution in [1.82, 2.24) is 10.2 Å². The van der Waals surface area contributed by atoms with E-state index in [4.69, 9.17) is 9.15 Å². The van der Waals surface area contributed by atoms with Crippen molar-refractivity contribution >= 4 is 22.0 Å². The maximum Gasteiger partial charge on any atom is 0.317 e. The van der Waals surface area contributed by atoms with Crippen molar-refractivity contribution in [2.24, 2.45) is 0 Å². The molecule has 1 fully saturated rings. The summed E-state index contributed by atoms with van der Waals surface area (Å²) in [4.78, 5) is 13.4. The van der Waals surface area contributed by atoms with Gasteiger partial charge in [-0.1, -0.05) is 0 Å². The van der Waals surface area contributed by atoms with Gasteiger partial charge in [0.25, 0.3) is 0 Å². The first-order valence-corrected chi connectivity index (χ1v) is 6.79. The molecular weight excluding hydrogens is 300 g/mol. The number of carbonyl (C=O) groups is 1. The van der Waals surface area contributed by atoms with Gasteiger partial charge in [-0.3, -0.25) is 0 Å². The highest BCUT2D eigenvalue weighted by molar-refractivity contribution is 9.10. The van der Waals surface area contributed by atoms with Crippen molar-refractivity contribution in [2.45, 2.75) is 25.5 Å². The molecule has 1 N–H and O–H groups in total. The van der Waals surface area contributed by atoms with Crippen LogP contribution in [0.5, 0.6) is 0 Å². The molecule has 1 aromatic heterocycles. The molecular formula is C12H17BrN2O3. The number of nitrogens with zero attached hydrogens (tertiary/aromatic N) is 1. The van der Waals surface area contributed by atoms with Crippen LogP contribution in [-0.4, -0.2) is 37.2 Å². The zero-order chi connectivity index (χ0) is 13.0. The fraction of sp³-hybridized carbons (Fsp3) is 0.583. The number of nitrogens with one attached hydrogen (secondary N) is 1. The molecule has 100 valence electrons. The summed E-state index contributed by atoms with van der Waals surface area (Å²) in [5.74, 6) is 0.747. The summed E-state index contributed by atoms with van der Waals surface area (Å²) >= 11 is 3.23. The number of amides is 2. The Labute approximate surface area is 115 Å². The Kier molecular flexibility index (Phi) is 4.66. The SMILES string of the molecule is CN(Cc1ccc(Br)o1)C(=O)NCC1CCCO1. The molecule has 0 bridgehead atoms. The molecule has 1 aliphatic heterocycles. The maximum absolute atomic E-state index is 11.8. The second kappa shape index (κ2) is 6.24. The summed E-state index contributed by atoms with van der Waals surface area (Å²) in [5.41, 5.74) is 0. The van der Waals surface area contributed by atoms with Gasteiger partial charge in [0, 0.05) is 20.2 Å². The van der Waals surface area contributed by atoms with E-state index in [2.05, 4.69) is 21.2 Å². The van der Waals surface area contributed by atoms with Crippen LogP contribution in [0, 0.1) is 0 Å². The lowest BCUT2D eigenvalue weighted by molar-refractivity contribution is 0.109. The number of ether oxygens (including phenoxy) is 1. The summed E-state index contributed by atoms with van der Waals surface area (Å²) in [7, 11) is 1.74. The van der Waals surface area contributed by atoms with Gasteiger partial charge < -0.3 is 19.4 Å². The molecule has 2 rings (SSSR count). The lowest BCUT2D eigenvalue weighted by Crippen LogP contribution is -2.40. The van der Waals surface area contributed by atoms with Gasteiger partial charge in [0.05, 0.1) is 12.6 Å². The topological polar surface area (TPSA) is 54.7 Å². The lowest BCUT2D eigenvalue weighted by atomic mass is 10.2. The second-order valence-electron chi connectivity index (χ2n) is 4.38. The molecule has 1 saturated heterocycles. The monoisotopic (exact) mass is 316 g/mol. The molecule has 6 heteroatoms. The zero-order valence-corrected chi connectivity index (χ0v) is 11.9. The van der Waals surface area contributed by atoms with Crippen molar-refractivity contribution in [3.63, 3.8) is 0 Å². The first-order valence-electron chi connectivity index (χ1n) is 6.00. The van der Waals surface area contributed by atoms with Crippen LogP contribution in [0.15, 0.2) is 21.2 Å². The Bertz CT molecular complexity index is 402. The Morgan fingerprint density at radius 2 is 2.44 bits per heavy atom. The standard InChI is InChI=1S/C12H17BrN2O3/c1-15(8-10-4-5-11(13)18-10)12(16)14-7-9-3-2-6-17-9/h4-5,9H,2-3,6-8H2,1H3,(H,14,16). The molecule has 5 nitrogen and oxygen atoms in total. The number of halogens is 1. The number of urea groups is 1. The summed E-state index contributed by atoms with van der Waals surface area (Å²) in [5, 5.41) is 2.86. The third-order valence-corrected chi connectivity index (χ3v) is 3.30. The van der Waals surface area contributed by atoms with Crippen LogP contribution < -0.4 is 5.32 Å². The number of furan rings is 1. The van der Waals surface area contributed by atoms with Crippen molar-refractivity contribution in [2.75, 3.05) is 20.2 Å². The van der Waals surface area contributed by atoms with E-state index in [1.165, 1.54) is 0 Å². The van der Waals surface area contributed by atoms with E-state index in [1.807, 2.05) is 12.1 Å². The van der Waals surface area contributed by atoms with Gasteiger partial charge in [0.1, 0.15) is 5.76 Å². The molecule has 1 aromatic rings. The molecule has 0 radical (unpaired) electrons. The van der Waals surface area contributed by atoms with Crippen molar-refractivity contribution < 1.29 is 13.9 Å². The first kappa shape index (κ1) is 13.4. The maximum atomic E-state index is 11.8. The quantitative estimate of drug-likeness (QED) is 0.927. The average Bonchev–Trinajstić information content (AvgIpc) is 2.97. The van der Waals surface area contributed by atoms with Crippen LogP contribution in [0.1, 0.15) is 18.6 Å². The number of hydrogen-bond donors (Lipinski definition) is 1. The van der Waals surface area contributed by atoms with Crippen LogP contribution in [0.3, 0.4) is 0 Å². The van der Waals surface area contributed by atoms with Crippen LogP contribution >= 0.6 is 15.9 Å². The largest absolute Gasteiger partial charge is 0.452 e. The molecule has 0 saturated carbocycles.